The second-order valence-electron chi connectivity index (χ2n) is 5.82. The molecule has 4 nitrogen and oxygen atoms in total. The van der Waals surface area contributed by atoms with Crippen molar-refractivity contribution in [1.82, 2.24) is 9.80 Å². The Morgan fingerprint density at radius 3 is 2.39 bits per heavy atom. The van der Waals surface area contributed by atoms with Crippen LogP contribution in [0.5, 0.6) is 0 Å². The molecule has 1 amide bonds. The van der Waals surface area contributed by atoms with E-state index in [1.54, 1.807) is 36.4 Å². The minimum atomic E-state index is -0.209. The SMILES string of the molecule is Nc1ccc(C(=O)N2CCN(Cc3cccc(F)c3)CC2)cc1. The van der Waals surface area contributed by atoms with Crippen LogP contribution in [0.1, 0.15) is 15.9 Å². The van der Waals surface area contributed by atoms with Crippen molar-refractivity contribution in [1.29, 1.82) is 0 Å². The smallest absolute Gasteiger partial charge is 0.253 e. The minimum Gasteiger partial charge on any atom is -0.399 e. The lowest BCUT2D eigenvalue weighted by Crippen LogP contribution is -2.48. The average Bonchev–Trinajstić information content (AvgIpc) is 2.56. The first-order valence-corrected chi connectivity index (χ1v) is 7.73. The Kier molecular flexibility index (Phi) is 4.57. The largest absolute Gasteiger partial charge is 0.399 e. The first-order chi connectivity index (χ1) is 11.1. The fraction of sp³-hybridized carbons (Fsp3) is 0.278. The molecule has 1 aliphatic rings. The molecule has 0 aromatic heterocycles. The van der Waals surface area contributed by atoms with E-state index in [9.17, 15) is 9.18 Å². The number of carbonyl (C=O) groups excluding carboxylic acids is 1. The number of nitrogen functional groups attached to an aromatic ring is 1. The average molecular weight is 313 g/mol. The summed E-state index contributed by atoms with van der Waals surface area (Å²) in [6.45, 7) is 3.65. The van der Waals surface area contributed by atoms with E-state index < -0.39 is 0 Å². The van der Waals surface area contributed by atoms with Crippen molar-refractivity contribution >= 4 is 11.6 Å². The molecule has 1 heterocycles. The van der Waals surface area contributed by atoms with Crippen LogP contribution < -0.4 is 5.73 Å². The molecule has 2 N–H and O–H groups in total. The predicted octanol–water partition coefficient (Wildman–Crippen LogP) is 2.37. The van der Waals surface area contributed by atoms with E-state index in [4.69, 9.17) is 5.73 Å². The van der Waals surface area contributed by atoms with Crippen LogP contribution in [0, 0.1) is 5.82 Å². The number of anilines is 1. The first kappa shape index (κ1) is 15.5. The van der Waals surface area contributed by atoms with Crippen LogP contribution in [-0.4, -0.2) is 41.9 Å². The quantitative estimate of drug-likeness (QED) is 0.885. The Labute approximate surface area is 135 Å². The number of benzene rings is 2. The second kappa shape index (κ2) is 6.79. The summed E-state index contributed by atoms with van der Waals surface area (Å²) >= 11 is 0. The van der Waals surface area contributed by atoms with E-state index in [1.165, 1.54) is 6.07 Å². The molecule has 0 aliphatic carbocycles. The van der Waals surface area contributed by atoms with Crippen LogP contribution in [0.25, 0.3) is 0 Å². The zero-order valence-electron chi connectivity index (χ0n) is 12.9. The molecule has 1 saturated heterocycles. The summed E-state index contributed by atoms with van der Waals surface area (Å²) in [6, 6.07) is 13.7. The van der Waals surface area contributed by atoms with Gasteiger partial charge in [0.05, 0.1) is 0 Å². The number of nitrogens with two attached hydrogens (primary N) is 1. The van der Waals surface area contributed by atoms with Gasteiger partial charge in [-0.2, -0.15) is 0 Å². The monoisotopic (exact) mass is 313 g/mol. The van der Waals surface area contributed by atoms with E-state index in [-0.39, 0.29) is 11.7 Å². The van der Waals surface area contributed by atoms with Crippen molar-refractivity contribution in [3.63, 3.8) is 0 Å². The number of piperazine rings is 1. The number of hydrogen-bond donors (Lipinski definition) is 1. The maximum atomic E-state index is 13.2. The third-order valence-corrected chi connectivity index (χ3v) is 4.11. The topological polar surface area (TPSA) is 49.6 Å². The normalized spacial score (nSPS) is 15.6. The van der Waals surface area contributed by atoms with Gasteiger partial charge in [0.15, 0.2) is 0 Å². The molecule has 1 fully saturated rings. The first-order valence-electron chi connectivity index (χ1n) is 7.73. The van der Waals surface area contributed by atoms with Gasteiger partial charge in [0.1, 0.15) is 5.82 Å². The van der Waals surface area contributed by atoms with E-state index in [1.807, 2.05) is 11.0 Å². The lowest BCUT2D eigenvalue weighted by atomic mass is 10.1. The van der Waals surface area contributed by atoms with Crippen molar-refractivity contribution in [3.05, 3.63) is 65.5 Å². The molecular weight excluding hydrogens is 293 g/mol. The van der Waals surface area contributed by atoms with E-state index >= 15 is 0 Å². The van der Waals surface area contributed by atoms with Crippen molar-refractivity contribution in [3.8, 4) is 0 Å². The fourth-order valence-electron chi connectivity index (χ4n) is 2.81. The molecule has 1 aliphatic heterocycles. The molecule has 2 aromatic carbocycles. The van der Waals surface area contributed by atoms with E-state index in [2.05, 4.69) is 4.90 Å². The fourth-order valence-corrected chi connectivity index (χ4v) is 2.81. The Morgan fingerprint density at radius 1 is 1.04 bits per heavy atom. The summed E-state index contributed by atoms with van der Waals surface area (Å²) in [7, 11) is 0. The molecule has 2 aromatic rings. The highest BCUT2D eigenvalue weighted by atomic mass is 19.1. The Morgan fingerprint density at radius 2 is 1.74 bits per heavy atom. The Balaban J connectivity index is 1.55. The van der Waals surface area contributed by atoms with Crippen LogP contribution in [0.15, 0.2) is 48.5 Å². The molecule has 5 heteroatoms. The van der Waals surface area contributed by atoms with Gasteiger partial charge in [-0.25, -0.2) is 4.39 Å². The van der Waals surface area contributed by atoms with Crippen LogP contribution in [-0.2, 0) is 6.54 Å². The molecular formula is C18H20FN3O. The number of nitrogens with zero attached hydrogens (tertiary/aromatic N) is 2. The zero-order chi connectivity index (χ0) is 16.2. The summed E-state index contributed by atoms with van der Waals surface area (Å²) in [6.07, 6.45) is 0. The van der Waals surface area contributed by atoms with Gasteiger partial charge >= 0.3 is 0 Å². The van der Waals surface area contributed by atoms with Crippen LogP contribution in [0.4, 0.5) is 10.1 Å². The van der Waals surface area contributed by atoms with Crippen molar-refractivity contribution in [2.45, 2.75) is 6.54 Å². The Hall–Kier alpha value is -2.40. The molecule has 0 atom stereocenters. The number of amides is 1. The molecule has 0 unspecified atom stereocenters. The highest BCUT2D eigenvalue weighted by Crippen LogP contribution is 2.13. The number of hydrogen-bond acceptors (Lipinski definition) is 3. The summed E-state index contributed by atoms with van der Waals surface area (Å²) in [5.74, 6) is -0.171. The van der Waals surface area contributed by atoms with Gasteiger partial charge in [-0.1, -0.05) is 12.1 Å². The molecule has 23 heavy (non-hydrogen) atoms. The summed E-state index contributed by atoms with van der Waals surface area (Å²) in [5.41, 5.74) is 7.93. The standard InChI is InChI=1S/C18H20FN3O/c19-16-3-1-2-14(12-16)13-21-8-10-22(11-9-21)18(23)15-4-6-17(20)7-5-15/h1-7,12H,8-11,13,20H2. The molecule has 120 valence electrons. The third kappa shape index (κ3) is 3.87. The van der Waals surface area contributed by atoms with Gasteiger partial charge in [-0.05, 0) is 42.0 Å². The number of rotatable bonds is 3. The van der Waals surface area contributed by atoms with Gasteiger partial charge in [0.2, 0.25) is 0 Å². The van der Waals surface area contributed by atoms with Gasteiger partial charge in [-0.15, -0.1) is 0 Å². The highest BCUT2D eigenvalue weighted by Gasteiger charge is 2.22. The van der Waals surface area contributed by atoms with Gasteiger partial charge in [-0.3, -0.25) is 9.69 Å². The summed E-state index contributed by atoms with van der Waals surface area (Å²) < 4.78 is 13.2. The third-order valence-electron chi connectivity index (χ3n) is 4.11. The molecule has 0 radical (unpaired) electrons. The molecule has 3 rings (SSSR count). The number of halogens is 1. The van der Waals surface area contributed by atoms with Crippen LogP contribution in [0.2, 0.25) is 0 Å². The lowest BCUT2D eigenvalue weighted by Gasteiger charge is -2.34. The van der Waals surface area contributed by atoms with Crippen LogP contribution in [0.3, 0.4) is 0 Å². The molecule has 0 bridgehead atoms. The maximum absolute atomic E-state index is 13.2. The van der Waals surface area contributed by atoms with Gasteiger partial charge < -0.3 is 10.6 Å². The summed E-state index contributed by atoms with van der Waals surface area (Å²) in [5, 5.41) is 0. The van der Waals surface area contributed by atoms with Gasteiger partial charge in [0.25, 0.3) is 5.91 Å². The molecule has 0 saturated carbocycles. The Bertz CT molecular complexity index is 679. The highest BCUT2D eigenvalue weighted by molar-refractivity contribution is 5.94. The maximum Gasteiger partial charge on any atom is 0.253 e. The van der Waals surface area contributed by atoms with E-state index in [0.717, 1.165) is 18.7 Å². The zero-order valence-corrected chi connectivity index (χ0v) is 12.9. The summed E-state index contributed by atoms with van der Waals surface area (Å²) in [4.78, 5) is 16.5. The molecule has 0 spiro atoms. The minimum absolute atomic E-state index is 0.0374. The van der Waals surface area contributed by atoms with E-state index in [0.29, 0.717) is 30.9 Å². The second-order valence-corrected chi connectivity index (χ2v) is 5.82. The van der Waals surface area contributed by atoms with Crippen molar-refractivity contribution in [2.24, 2.45) is 0 Å². The predicted molar refractivity (Wildman–Crippen MR) is 88.4 cm³/mol. The van der Waals surface area contributed by atoms with Crippen molar-refractivity contribution in [2.75, 3.05) is 31.9 Å². The number of carbonyl (C=O) groups is 1. The van der Waals surface area contributed by atoms with Gasteiger partial charge in [0, 0.05) is 44.0 Å². The van der Waals surface area contributed by atoms with Crippen LogP contribution >= 0.6 is 0 Å². The lowest BCUT2D eigenvalue weighted by molar-refractivity contribution is 0.0628. The van der Waals surface area contributed by atoms with Crippen molar-refractivity contribution < 1.29 is 9.18 Å².